The maximum Gasteiger partial charge on any atom is 0.272 e. The van der Waals surface area contributed by atoms with E-state index in [1.165, 1.54) is 11.8 Å². The van der Waals surface area contributed by atoms with Gasteiger partial charge in [0.2, 0.25) is 5.91 Å². The van der Waals surface area contributed by atoms with Gasteiger partial charge in [0.15, 0.2) is 0 Å². The van der Waals surface area contributed by atoms with Crippen molar-refractivity contribution in [2.75, 3.05) is 23.8 Å². The van der Waals surface area contributed by atoms with Crippen LogP contribution in [-0.2, 0) is 9.59 Å². The van der Waals surface area contributed by atoms with Crippen LogP contribution >= 0.6 is 11.8 Å². The molecule has 260 valence electrons. The maximum atomic E-state index is 13.6. The number of para-hydroxylation sites is 1. The molecule has 0 saturated carbocycles. The number of ether oxygens (including phenoxy) is 2. The number of hydrogen-bond acceptors (Lipinski definition) is 6. The molecule has 5 aromatic rings. The summed E-state index contributed by atoms with van der Waals surface area (Å²) in [6, 6.07) is 40.2. The highest BCUT2D eigenvalue weighted by atomic mass is 32.2. The summed E-state index contributed by atoms with van der Waals surface area (Å²) in [5, 5.41) is 8.17. The zero-order valence-corrected chi connectivity index (χ0v) is 29.5. The van der Waals surface area contributed by atoms with Crippen LogP contribution < -0.4 is 25.4 Å². The second-order valence-electron chi connectivity index (χ2n) is 11.5. The second kappa shape index (κ2) is 18.8. The van der Waals surface area contributed by atoms with E-state index in [9.17, 15) is 14.4 Å². The quantitative estimate of drug-likeness (QED) is 0.0539. The number of amides is 3. The monoisotopic (exact) mass is 699 g/mol. The van der Waals surface area contributed by atoms with Crippen LogP contribution in [0.25, 0.3) is 6.08 Å². The molecule has 0 aliphatic rings. The SMILES string of the molecule is CCCCOc1ccc(NC(=O)C(Sc2ccc(NC(=O)/C(=C/c3ccccc3OCC)NC(=O)c3ccccc3)cc2)c2ccccc2)cc1. The Morgan fingerprint density at radius 3 is 2.02 bits per heavy atom. The molecule has 0 aliphatic heterocycles. The van der Waals surface area contributed by atoms with Gasteiger partial charge in [-0.2, -0.15) is 0 Å². The van der Waals surface area contributed by atoms with Gasteiger partial charge in [-0.25, -0.2) is 0 Å². The van der Waals surface area contributed by atoms with Crippen molar-refractivity contribution in [1.82, 2.24) is 5.32 Å². The third-order valence-corrected chi connectivity index (χ3v) is 8.91. The maximum absolute atomic E-state index is 13.6. The Bertz CT molecular complexity index is 1910. The highest BCUT2D eigenvalue weighted by Gasteiger charge is 2.23. The predicted molar refractivity (Wildman–Crippen MR) is 205 cm³/mol. The largest absolute Gasteiger partial charge is 0.494 e. The van der Waals surface area contributed by atoms with Gasteiger partial charge < -0.3 is 25.4 Å². The minimum absolute atomic E-state index is 0.0517. The standard InChI is InChI=1S/C42H41N3O5S/c1-3-5-28-50-35-24-20-33(21-25-35)44-42(48)39(30-14-8-6-9-15-30)51-36-26-22-34(23-27-36)43-41(47)37(45-40(46)31-16-10-7-11-17-31)29-32-18-12-13-19-38(32)49-4-2/h6-27,29,39H,3-5,28H2,1-2H3,(H,43,47)(H,44,48)(H,45,46)/b37-29-. The highest BCUT2D eigenvalue weighted by molar-refractivity contribution is 8.00. The molecule has 0 bridgehead atoms. The van der Waals surface area contributed by atoms with Crippen LogP contribution in [0.3, 0.4) is 0 Å². The fourth-order valence-corrected chi connectivity index (χ4v) is 6.04. The minimum Gasteiger partial charge on any atom is -0.494 e. The zero-order valence-electron chi connectivity index (χ0n) is 28.6. The summed E-state index contributed by atoms with van der Waals surface area (Å²) in [5.41, 5.74) is 3.16. The Hall–Kier alpha value is -5.80. The fraction of sp³-hybridized carbons (Fsp3) is 0.167. The lowest BCUT2D eigenvalue weighted by Crippen LogP contribution is -2.30. The van der Waals surface area contributed by atoms with Crippen LogP contribution in [0.15, 0.2) is 144 Å². The van der Waals surface area contributed by atoms with Gasteiger partial charge in [-0.15, -0.1) is 11.8 Å². The lowest BCUT2D eigenvalue weighted by atomic mass is 10.1. The molecule has 0 aliphatic carbocycles. The zero-order chi connectivity index (χ0) is 35.8. The number of benzene rings is 5. The number of unbranched alkanes of at least 4 members (excludes halogenated alkanes) is 1. The van der Waals surface area contributed by atoms with Crippen molar-refractivity contribution in [1.29, 1.82) is 0 Å². The van der Waals surface area contributed by atoms with E-state index in [0.717, 1.165) is 29.1 Å². The Labute approximate surface area is 303 Å². The predicted octanol–water partition coefficient (Wildman–Crippen LogP) is 9.15. The number of thioether (sulfide) groups is 1. The van der Waals surface area contributed by atoms with Crippen LogP contribution in [0.4, 0.5) is 11.4 Å². The van der Waals surface area contributed by atoms with Gasteiger partial charge in [0, 0.05) is 27.4 Å². The molecule has 0 saturated heterocycles. The topological polar surface area (TPSA) is 106 Å². The van der Waals surface area contributed by atoms with E-state index in [1.807, 2.05) is 104 Å². The molecule has 0 heterocycles. The van der Waals surface area contributed by atoms with Crippen LogP contribution in [0.2, 0.25) is 0 Å². The molecular weight excluding hydrogens is 659 g/mol. The number of nitrogens with one attached hydrogen (secondary N) is 3. The minimum atomic E-state index is -0.541. The van der Waals surface area contributed by atoms with Gasteiger partial charge in [-0.1, -0.05) is 80.1 Å². The van der Waals surface area contributed by atoms with E-state index in [4.69, 9.17) is 9.47 Å². The van der Waals surface area contributed by atoms with E-state index in [0.29, 0.717) is 41.5 Å². The smallest absolute Gasteiger partial charge is 0.272 e. The third-order valence-electron chi connectivity index (χ3n) is 7.64. The summed E-state index contributed by atoms with van der Waals surface area (Å²) >= 11 is 1.40. The number of anilines is 2. The molecular formula is C42H41N3O5S. The average Bonchev–Trinajstić information content (AvgIpc) is 3.16. The molecule has 8 nitrogen and oxygen atoms in total. The molecule has 3 N–H and O–H groups in total. The number of carbonyl (C=O) groups excluding carboxylic acids is 3. The van der Waals surface area contributed by atoms with Crippen LogP contribution in [0.5, 0.6) is 11.5 Å². The molecule has 0 fully saturated rings. The first-order valence-corrected chi connectivity index (χ1v) is 17.8. The normalized spacial score (nSPS) is 11.6. The highest BCUT2D eigenvalue weighted by Crippen LogP contribution is 2.37. The van der Waals surface area contributed by atoms with E-state index < -0.39 is 17.1 Å². The summed E-state index contributed by atoms with van der Waals surface area (Å²) in [7, 11) is 0. The van der Waals surface area contributed by atoms with Crippen LogP contribution in [0.1, 0.15) is 53.4 Å². The first kappa shape index (κ1) is 36.5. The van der Waals surface area contributed by atoms with Crippen molar-refractivity contribution in [3.8, 4) is 11.5 Å². The van der Waals surface area contributed by atoms with Gasteiger partial charge in [0.25, 0.3) is 11.8 Å². The summed E-state index contributed by atoms with van der Waals surface area (Å²) in [6.45, 7) is 5.10. The van der Waals surface area contributed by atoms with Crippen molar-refractivity contribution in [2.24, 2.45) is 0 Å². The third kappa shape index (κ3) is 10.8. The number of hydrogen-bond donors (Lipinski definition) is 3. The molecule has 0 spiro atoms. The lowest BCUT2D eigenvalue weighted by Gasteiger charge is -2.18. The van der Waals surface area contributed by atoms with Crippen LogP contribution in [0, 0.1) is 0 Å². The average molecular weight is 700 g/mol. The molecule has 9 heteroatoms. The molecule has 5 rings (SSSR count). The summed E-state index contributed by atoms with van der Waals surface area (Å²) in [6.07, 6.45) is 3.64. The summed E-state index contributed by atoms with van der Waals surface area (Å²) in [4.78, 5) is 41.2. The fourth-order valence-electron chi connectivity index (χ4n) is 5.01. The number of carbonyl (C=O) groups is 3. The Morgan fingerprint density at radius 1 is 0.706 bits per heavy atom. The number of rotatable bonds is 16. The van der Waals surface area contributed by atoms with Crippen molar-refractivity contribution in [3.63, 3.8) is 0 Å². The second-order valence-corrected chi connectivity index (χ2v) is 12.6. The molecule has 5 aromatic carbocycles. The first-order valence-electron chi connectivity index (χ1n) is 16.9. The van der Waals surface area contributed by atoms with Gasteiger partial charge in [-0.05, 0) is 91.7 Å². The Balaban J connectivity index is 1.31. The van der Waals surface area contributed by atoms with Crippen molar-refractivity contribution in [2.45, 2.75) is 36.8 Å². The van der Waals surface area contributed by atoms with Gasteiger partial charge in [0.1, 0.15) is 22.4 Å². The van der Waals surface area contributed by atoms with Gasteiger partial charge in [-0.3, -0.25) is 14.4 Å². The van der Waals surface area contributed by atoms with E-state index in [1.54, 1.807) is 42.5 Å². The van der Waals surface area contributed by atoms with E-state index in [2.05, 4.69) is 22.9 Å². The van der Waals surface area contributed by atoms with Crippen LogP contribution in [-0.4, -0.2) is 30.9 Å². The molecule has 51 heavy (non-hydrogen) atoms. The Kier molecular flexibility index (Phi) is 13.5. The summed E-state index contributed by atoms with van der Waals surface area (Å²) < 4.78 is 11.5. The Morgan fingerprint density at radius 2 is 1.33 bits per heavy atom. The lowest BCUT2D eigenvalue weighted by molar-refractivity contribution is -0.116. The van der Waals surface area contributed by atoms with Crippen molar-refractivity contribution >= 4 is 46.9 Å². The van der Waals surface area contributed by atoms with Crippen molar-refractivity contribution < 1.29 is 23.9 Å². The summed E-state index contributed by atoms with van der Waals surface area (Å²) in [5.74, 6) is 0.262. The van der Waals surface area contributed by atoms with E-state index >= 15 is 0 Å². The van der Waals surface area contributed by atoms with Crippen molar-refractivity contribution in [3.05, 3.63) is 156 Å². The molecule has 1 unspecified atom stereocenters. The molecule has 0 radical (unpaired) electrons. The molecule has 3 amide bonds. The molecule has 0 aromatic heterocycles. The molecule has 1 atom stereocenters. The van der Waals surface area contributed by atoms with Gasteiger partial charge in [0.05, 0.1) is 13.2 Å². The van der Waals surface area contributed by atoms with E-state index in [-0.39, 0.29) is 11.6 Å². The van der Waals surface area contributed by atoms with Gasteiger partial charge >= 0.3 is 0 Å². The first-order chi connectivity index (χ1) is 24.9.